The average molecular weight is 327 g/mol. The van der Waals surface area contributed by atoms with Gasteiger partial charge < -0.3 is 4.74 Å². The smallest absolute Gasteiger partial charge is 0.244 e. The molecule has 0 aliphatic carbocycles. The van der Waals surface area contributed by atoms with E-state index in [4.69, 9.17) is 4.74 Å². The average Bonchev–Trinajstić information content (AvgIpc) is 2.77. The molecule has 0 spiro atoms. The Balaban J connectivity index is 2.09. The Labute approximate surface area is 129 Å². The standard InChI is InChI=1S/C14H18FN3O3S/c1-10-8-12(17-18(10)2)6-7-16-22(19,20)14-9-11(15)4-5-13(14)21-3/h4-5,8-9,16H,6-7H2,1-3H3. The van der Waals surface area contributed by atoms with Gasteiger partial charge in [0.05, 0.1) is 12.8 Å². The number of halogens is 1. The van der Waals surface area contributed by atoms with Gasteiger partial charge in [0, 0.05) is 25.7 Å². The molecule has 1 heterocycles. The molecule has 1 N–H and O–H groups in total. The lowest BCUT2D eigenvalue weighted by atomic mass is 10.3. The monoisotopic (exact) mass is 327 g/mol. The fourth-order valence-corrected chi connectivity index (χ4v) is 3.22. The van der Waals surface area contributed by atoms with Crippen LogP contribution in [0.2, 0.25) is 0 Å². The van der Waals surface area contributed by atoms with Crippen LogP contribution >= 0.6 is 0 Å². The van der Waals surface area contributed by atoms with Gasteiger partial charge in [0.25, 0.3) is 0 Å². The molecule has 8 heteroatoms. The first-order chi connectivity index (χ1) is 10.3. The molecule has 0 atom stereocenters. The molecule has 6 nitrogen and oxygen atoms in total. The molecule has 22 heavy (non-hydrogen) atoms. The lowest BCUT2D eigenvalue weighted by Crippen LogP contribution is -2.26. The number of benzene rings is 1. The Morgan fingerprint density at radius 2 is 2.09 bits per heavy atom. The first-order valence-electron chi connectivity index (χ1n) is 6.66. The highest BCUT2D eigenvalue weighted by Gasteiger charge is 2.20. The Kier molecular flexibility index (Phi) is 4.82. The second-order valence-corrected chi connectivity index (χ2v) is 6.58. The third-order valence-corrected chi connectivity index (χ3v) is 4.74. The Bertz CT molecular complexity index is 752. The molecule has 0 radical (unpaired) electrons. The quantitative estimate of drug-likeness (QED) is 0.870. The molecule has 1 aromatic heterocycles. The van der Waals surface area contributed by atoms with Gasteiger partial charge in [-0.25, -0.2) is 17.5 Å². The highest BCUT2D eigenvalue weighted by molar-refractivity contribution is 7.89. The van der Waals surface area contributed by atoms with Crippen molar-refractivity contribution in [3.63, 3.8) is 0 Å². The van der Waals surface area contributed by atoms with E-state index in [0.29, 0.717) is 6.42 Å². The van der Waals surface area contributed by atoms with Gasteiger partial charge in [0.1, 0.15) is 16.5 Å². The van der Waals surface area contributed by atoms with E-state index in [-0.39, 0.29) is 17.2 Å². The van der Waals surface area contributed by atoms with Gasteiger partial charge in [-0.2, -0.15) is 5.10 Å². The summed E-state index contributed by atoms with van der Waals surface area (Å²) >= 11 is 0. The molecule has 0 saturated heterocycles. The van der Waals surface area contributed by atoms with Crippen LogP contribution in [-0.2, 0) is 23.5 Å². The van der Waals surface area contributed by atoms with Gasteiger partial charge in [0.2, 0.25) is 10.0 Å². The van der Waals surface area contributed by atoms with E-state index < -0.39 is 15.8 Å². The maximum Gasteiger partial charge on any atom is 0.244 e. The van der Waals surface area contributed by atoms with Crippen molar-refractivity contribution in [2.24, 2.45) is 7.05 Å². The van der Waals surface area contributed by atoms with Gasteiger partial charge in [0.15, 0.2) is 0 Å². The molecular weight excluding hydrogens is 309 g/mol. The molecule has 2 rings (SSSR count). The summed E-state index contributed by atoms with van der Waals surface area (Å²) in [5, 5.41) is 4.25. The molecule has 0 fully saturated rings. The van der Waals surface area contributed by atoms with E-state index in [1.807, 2.05) is 20.0 Å². The molecule has 120 valence electrons. The van der Waals surface area contributed by atoms with Crippen molar-refractivity contribution in [2.45, 2.75) is 18.2 Å². The largest absolute Gasteiger partial charge is 0.495 e. The van der Waals surface area contributed by atoms with E-state index in [1.54, 1.807) is 4.68 Å². The van der Waals surface area contributed by atoms with Crippen LogP contribution in [0.5, 0.6) is 5.75 Å². The number of aromatic nitrogens is 2. The summed E-state index contributed by atoms with van der Waals surface area (Å²) in [6.45, 7) is 2.08. The topological polar surface area (TPSA) is 73.2 Å². The molecule has 0 amide bonds. The zero-order valence-electron chi connectivity index (χ0n) is 12.6. The molecule has 0 aliphatic heterocycles. The van der Waals surface area contributed by atoms with Crippen molar-refractivity contribution in [2.75, 3.05) is 13.7 Å². The summed E-state index contributed by atoms with van der Waals surface area (Å²) in [5.74, 6) is -0.538. The SMILES string of the molecule is COc1ccc(F)cc1S(=O)(=O)NCCc1cc(C)n(C)n1. The first kappa shape index (κ1) is 16.4. The van der Waals surface area contributed by atoms with Crippen LogP contribution in [0.3, 0.4) is 0 Å². The Morgan fingerprint density at radius 3 is 2.68 bits per heavy atom. The van der Waals surface area contributed by atoms with Crippen LogP contribution < -0.4 is 9.46 Å². The molecule has 0 saturated carbocycles. The molecule has 0 unspecified atom stereocenters. The zero-order valence-corrected chi connectivity index (χ0v) is 13.4. The van der Waals surface area contributed by atoms with Gasteiger partial charge >= 0.3 is 0 Å². The molecule has 2 aromatic rings. The normalized spacial score (nSPS) is 11.6. The Hall–Kier alpha value is -1.93. The second kappa shape index (κ2) is 6.45. The zero-order chi connectivity index (χ0) is 16.3. The summed E-state index contributed by atoms with van der Waals surface area (Å²) in [7, 11) is -0.692. The summed E-state index contributed by atoms with van der Waals surface area (Å²) in [6, 6.07) is 5.25. The van der Waals surface area contributed by atoms with E-state index in [0.717, 1.165) is 23.5 Å². The predicted octanol–water partition coefficient (Wildman–Crippen LogP) is 1.40. The molecule has 1 aromatic carbocycles. The van der Waals surface area contributed by atoms with Crippen molar-refractivity contribution in [3.8, 4) is 5.75 Å². The van der Waals surface area contributed by atoms with Crippen molar-refractivity contribution in [1.29, 1.82) is 0 Å². The number of sulfonamides is 1. The van der Waals surface area contributed by atoms with E-state index >= 15 is 0 Å². The lowest BCUT2D eigenvalue weighted by molar-refractivity contribution is 0.400. The number of hydrogen-bond donors (Lipinski definition) is 1. The highest BCUT2D eigenvalue weighted by Crippen LogP contribution is 2.24. The molecule has 0 bridgehead atoms. The maximum absolute atomic E-state index is 13.3. The highest BCUT2D eigenvalue weighted by atomic mass is 32.2. The minimum absolute atomic E-state index is 0.0996. The van der Waals surface area contributed by atoms with Crippen molar-refractivity contribution in [1.82, 2.24) is 14.5 Å². The van der Waals surface area contributed by atoms with Crippen LogP contribution in [0.15, 0.2) is 29.2 Å². The van der Waals surface area contributed by atoms with Crippen LogP contribution in [0.1, 0.15) is 11.4 Å². The lowest BCUT2D eigenvalue weighted by Gasteiger charge is -2.10. The maximum atomic E-state index is 13.3. The van der Waals surface area contributed by atoms with Gasteiger partial charge in [-0.05, 0) is 31.2 Å². The van der Waals surface area contributed by atoms with Crippen molar-refractivity contribution in [3.05, 3.63) is 41.5 Å². The van der Waals surface area contributed by atoms with Gasteiger partial charge in [-0.1, -0.05) is 0 Å². The number of methoxy groups -OCH3 is 1. The number of hydrogen-bond acceptors (Lipinski definition) is 4. The molecular formula is C14H18FN3O3S. The van der Waals surface area contributed by atoms with Gasteiger partial charge in [-0.15, -0.1) is 0 Å². The summed E-state index contributed by atoms with van der Waals surface area (Å²) in [4.78, 5) is -0.216. The van der Waals surface area contributed by atoms with Crippen LogP contribution in [0.25, 0.3) is 0 Å². The van der Waals surface area contributed by atoms with Crippen LogP contribution in [0.4, 0.5) is 4.39 Å². The minimum Gasteiger partial charge on any atom is -0.495 e. The summed E-state index contributed by atoms with van der Waals surface area (Å²) in [6.07, 6.45) is 0.443. The fraction of sp³-hybridized carbons (Fsp3) is 0.357. The number of ether oxygens (including phenoxy) is 1. The van der Waals surface area contributed by atoms with Gasteiger partial charge in [-0.3, -0.25) is 4.68 Å². The summed E-state index contributed by atoms with van der Waals surface area (Å²) < 4.78 is 46.9. The third-order valence-electron chi connectivity index (χ3n) is 3.25. The van der Waals surface area contributed by atoms with Crippen molar-refractivity contribution >= 4 is 10.0 Å². The molecule has 0 aliphatic rings. The number of nitrogens with one attached hydrogen (secondary N) is 1. The number of aryl methyl sites for hydroxylation is 2. The minimum atomic E-state index is -3.85. The fourth-order valence-electron chi connectivity index (χ4n) is 2.01. The van der Waals surface area contributed by atoms with Crippen LogP contribution in [-0.4, -0.2) is 31.9 Å². The van der Waals surface area contributed by atoms with Crippen LogP contribution in [0, 0.1) is 12.7 Å². The predicted molar refractivity (Wildman–Crippen MR) is 79.8 cm³/mol. The first-order valence-corrected chi connectivity index (χ1v) is 8.14. The number of nitrogens with zero attached hydrogens (tertiary/aromatic N) is 2. The van der Waals surface area contributed by atoms with E-state index in [1.165, 1.54) is 13.2 Å². The third kappa shape index (κ3) is 3.63. The summed E-state index contributed by atoms with van der Waals surface area (Å²) in [5.41, 5.74) is 1.78. The Morgan fingerprint density at radius 1 is 1.36 bits per heavy atom. The second-order valence-electron chi connectivity index (χ2n) is 4.84. The van der Waals surface area contributed by atoms with E-state index in [9.17, 15) is 12.8 Å². The number of rotatable bonds is 6. The van der Waals surface area contributed by atoms with E-state index in [2.05, 4.69) is 9.82 Å². The van der Waals surface area contributed by atoms with Crippen molar-refractivity contribution < 1.29 is 17.5 Å².